The lowest BCUT2D eigenvalue weighted by Crippen LogP contribution is -2.64. The van der Waals surface area contributed by atoms with E-state index >= 15 is 0 Å². The fraction of sp³-hybridized carbons (Fsp3) is 0.769. The summed E-state index contributed by atoms with van der Waals surface area (Å²) in [7, 11) is 0. The SMILES string of the molecule is C=CCCCO[C@@H]1OC(CO)[C@H](O)[C@H](O)C1NC(C)=O. The second-order valence-corrected chi connectivity index (χ2v) is 4.73. The molecule has 0 spiro atoms. The predicted molar refractivity (Wildman–Crippen MR) is 70.7 cm³/mol. The van der Waals surface area contributed by atoms with Crippen LogP contribution in [0.3, 0.4) is 0 Å². The monoisotopic (exact) mass is 289 g/mol. The van der Waals surface area contributed by atoms with Crippen LogP contribution in [0.15, 0.2) is 12.7 Å². The molecular formula is C13H23NO6. The fourth-order valence-corrected chi connectivity index (χ4v) is 2.04. The van der Waals surface area contributed by atoms with Crippen molar-refractivity contribution in [3.63, 3.8) is 0 Å². The van der Waals surface area contributed by atoms with Gasteiger partial charge in [-0.05, 0) is 12.8 Å². The van der Waals surface area contributed by atoms with E-state index in [0.717, 1.165) is 12.8 Å². The van der Waals surface area contributed by atoms with Crippen molar-refractivity contribution in [3.05, 3.63) is 12.7 Å². The van der Waals surface area contributed by atoms with Gasteiger partial charge in [0.25, 0.3) is 0 Å². The van der Waals surface area contributed by atoms with E-state index in [1.54, 1.807) is 6.08 Å². The van der Waals surface area contributed by atoms with Gasteiger partial charge < -0.3 is 30.1 Å². The maximum Gasteiger partial charge on any atom is 0.217 e. The number of hydrogen-bond acceptors (Lipinski definition) is 6. The molecule has 1 rings (SSSR count). The van der Waals surface area contributed by atoms with Gasteiger partial charge in [-0.15, -0.1) is 6.58 Å². The number of nitrogens with one attached hydrogen (secondary N) is 1. The molecule has 0 radical (unpaired) electrons. The lowest BCUT2D eigenvalue weighted by atomic mass is 9.97. The van der Waals surface area contributed by atoms with Crippen molar-refractivity contribution in [2.75, 3.05) is 13.2 Å². The van der Waals surface area contributed by atoms with E-state index in [0.29, 0.717) is 6.61 Å². The van der Waals surface area contributed by atoms with E-state index in [1.165, 1.54) is 6.92 Å². The normalized spacial score (nSPS) is 33.7. The largest absolute Gasteiger partial charge is 0.394 e. The Balaban J connectivity index is 2.67. The van der Waals surface area contributed by atoms with Crippen molar-refractivity contribution < 1.29 is 29.6 Å². The van der Waals surface area contributed by atoms with Crippen LogP contribution in [0.4, 0.5) is 0 Å². The van der Waals surface area contributed by atoms with Crippen molar-refractivity contribution >= 4 is 5.91 Å². The van der Waals surface area contributed by atoms with Gasteiger partial charge in [-0.2, -0.15) is 0 Å². The van der Waals surface area contributed by atoms with Crippen LogP contribution in [0, 0.1) is 0 Å². The van der Waals surface area contributed by atoms with Gasteiger partial charge in [-0.1, -0.05) is 6.08 Å². The molecule has 0 aliphatic carbocycles. The number of unbranched alkanes of at least 4 members (excludes halogenated alkanes) is 1. The minimum absolute atomic E-state index is 0.355. The van der Waals surface area contributed by atoms with Crippen LogP contribution in [0.25, 0.3) is 0 Å². The molecule has 4 N–H and O–H groups in total. The van der Waals surface area contributed by atoms with Crippen LogP contribution in [-0.2, 0) is 14.3 Å². The van der Waals surface area contributed by atoms with Gasteiger partial charge in [0.05, 0.1) is 13.2 Å². The zero-order valence-corrected chi connectivity index (χ0v) is 11.6. The number of aliphatic hydroxyl groups excluding tert-OH is 3. The molecule has 1 amide bonds. The first-order chi connectivity index (χ1) is 9.51. The number of hydrogen-bond donors (Lipinski definition) is 4. The second kappa shape index (κ2) is 8.33. The van der Waals surface area contributed by atoms with Gasteiger partial charge in [-0.25, -0.2) is 0 Å². The van der Waals surface area contributed by atoms with Crippen molar-refractivity contribution in [3.8, 4) is 0 Å². The zero-order chi connectivity index (χ0) is 15.1. The number of allylic oxidation sites excluding steroid dienone is 1. The number of aliphatic hydroxyl groups is 3. The van der Waals surface area contributed by atoms with E-state index < -0.39 is 37.3 Å². The lowest BCUT2D eigenvalue weighted by molar-refractivity contribution is -0.270. The van der Waals surface area contributed by atoms with E-state index in [9.17, 15) is 15.0 Å². The standard InChI is InChI=1S/C13H23NO6/c1-3-4-5-6-19-13-10(14-8(2)16)12(18)11(17)9(7-15)20-13/h3,9-13,15,17-18H,1,4-7H2,2H3,(H,14,16)/t9?,10?,11-,12+,13+/m0/s1. The molecule has 1 aliphatic rings. The maximum absolute atomic E-state index is 11.2. The average molecular weight is 289 g/mol. The summed E-state index contributed by atoms with van der Waals surface area (Å²) in [6, 6.07) is -0.881. The first-order valence-electron chi connectivity index (χ1n) is 6.63. The van der Waals surface area contributed by atoms with E-state index in [1.807, 2.05) is 0 Å². The Labute approximate surface area is 118 Å². The minimum Gasteiger partial charge on any atom is -0.394 e. The molecule has 1 aliphatic heterocycles. The van der Waals surface area contributed by atoms with Crippen LogP contribution >= 0.6 is 0 Å². The molecule has 1 heterocycles. The Morgan fingerprint density at radius 1 is 1.45 bits per heavy atom. The highest BCUT2D eigenvalue weighted by molar-refractivity contribution is 5.73. The van der Waals surface area contributed by atoms with E-state index in [4.69, 9.17) is 14.6 Å². The topological polar surface area (TPSA) is 108 Å². The molecule has 5 atom stereocenters. The summed E-state index contributed by atoms with van der Waals surface area (Å²) in [5, 5.41) is 31.4. The summed E-state index contributed by atoms with van der Waals surface area (Å²) < 4.78 is 10.9. The van der Waals surface area contributed by atoms with Crippen molar-refractivity contribution in [2.45, 2.75) is 50.4 Å². The number of carbonyl (C=O) groups is 1. The summed E-state index contributed by atoms with van der Waals surface area (Å²) in [4.78, 5) is 11.2. The Hall–Kier alpha value is -0.990. The molecule has 2 unspecified atom stereocenters. The summed E-state index contributed by atoms with van der Waals surface area (Å²) in [5.74, 6) is -0.369. The smallest absolute Gasteiger partial charge is 0.217 e. The van der Waals surface area contributed by atoms with E-state index in [-0.39, 0.29) is 5.91 Å². The molecule has 116 valence electrons. The first kappa shape index (κ1) is 17.1. The number of rotatable bonds is 7. The van der Waals surface area contributed by atoms with Crippen LogP contribution in [0.2, 0.25) is 0 Å². The number of ether oxygens (including phenoxy) is 2. The van der Waals surface area contributed by atoms with Gasteiger partial charge in [0.2, 0.25) is 5.91 Å². The van der Waals surface area contributed by atoms with Crippen LogP contribution in [-0.4, -0.2) is 65.1 Å². The van der Waals surface area contributed by atoms with Gasteiger partial charge in [0.1, 0.15) is 24.4 Å². The summed E-state index contributed by atoms with van der Waals surface area (Å²) >= 11 is 0. The Morgan fingerprint density at radius 2 is 2.15 bits per heavy atom. The second-order valence-electron chi connectivity index (χ2n) is 4.73. The molecule has 0 aromatic carbocycles. The molecule has 1 fully saturated rings. The highest BCUT2D eigenvalue weighted by atomic mass is 16.7. The molecule has 0 bridgehead atoms. The Morgan fingerprint density at radius 3 is 2.70 bits per heavy atom. The zero-order valence-electron chi connectivity index (χ0n) is 11.6. The quantitative estimate of drug-likeness (QED) is 0.350. The summed E-state index contributed by atoms with van der Waals surface area (Å²) in [6.07, 6.45) is -1.17. The van der Waals surface area contributed by atoms with Crippen LogP contribution < -0.4 is 5.32 Å². The first-order valence-corrected chi connectivity index (χ1v) is 6.63. The molecule has 0 aromatic heterocycles. The summed E-state index contributed by atoms with van der Waals surface area (Å²) in [5.41, 5.74) is 0. The molecule has 0 aromatic rings. The predicted octanol–water partition coefficient (Wildman–Crippen LogP) is -1.09. The number of amides is 1. The summed E-state index contributed by atoms with van der Waals surface area (Å²) in [6.45, 7) is 4.80. The van der Waals surface area contributed by atoms with Crippen molar-refractivity contribution in [1.82, 2.24) is 5.32 Å². The van der Waals surface area contributed by atoms with Crippen LogP contribution in [0.1, 0.15) is 19.8 Å². The average Bonchev–Trinajstić information content (AvgIpc) is 2.41. The Bertz CT molecular complexity index is 324. The third-order valence-electron chi connectivity index (χ3n) is 3.09. The van der Waals surface area contributed by atoms with Crippen molar-refractivity contribution in [2.24, 2.45) is 0 Å². The molecular weight excluding hydrogens is 266 g/mol. The highest BCUT2D eigenvalue weighted by Crippen LogP contribution is 2.22. The van der Waals surface area contributed by atoms with Gasteiger partial charge >= 0.3 is 0 Å². The third-order valence-corrected chi connectivity index (χ3v) is 3.09. The molecule has 0 saturated carbocycles. The maximum atomic E-state index is 11.2. The minimum atomic E-state index is -1.29. The molecule has 20 heavy (non-hydrogen) atoms. The van der Waals surface area contributed by atoms with Crippen molar-refractivity contribution in [1.29, 1.82) is 0 Å². The van der Waals surface area contributed by atoms with Crippen LogP contribution in [0.5, 0.6) is 0 Å². The van der Waals surface area contributed by atoms with Gasteiger partial charge in [0, 0.05) is 6.92 Å². The van der Waals surface area contributed by atoms with Gasteiger partial charge in [-0.3, -0.25) is 4.79 Å². The fourth-order valence-electron chi connectivity index (χ4n) is 2.04. The third kappa shape index (κ3) is 4.53. The molecule has 7 heteroatoms. The highest BCUT2D eigenvalue weighted by Gasteiger charge is 2.45. The molecule has 7 nitrogen and oxygen atoms in total. The van der Waals surface area contributed by atoms with E-state index in [2.05, 4.69) is 11.9 Å². The lowest BCUT2D eigenvalue weighted by Gasteiger charge is -2.42. The molecule has 1 saturated heterocycles. The Kier molecular flexibility index (Phi) is 7.11. The number of carbonyl (C=O) groups excluding carboxylic acids is 1. The van der Waals surface area contributed by atoms with Gasteiger partial charge in [0.15, 0.2) is 6.29 Å².